The normalized spacial score (nSPS) is 11.9. The highest BCUT2D eigenvalue weighted by molar-refractivity contribution is 7.89. The molecule has 10 nitrogen and oxygen atoms in total. The van der Waals surface area contributed by atoms with Crippen molar-refractivity contribution in [2.75, 3.05) is 13.1 Å². The van der Waals surface area contributed by atoms with E-state index in [2.05, 4.69) is 4.98 Å². The molecule has 0 bridgehead atoms. The maximum Gasteiger partial charge on any atom is 0.331 e. The van der Waals surface area contributed by atoms with Gasteiger partial charge in [0.2, 0.25) is 15.9 Å². The van der Waals surface area contributed by atoms with Crippen LogP contribution in [0.1, 0.15) is 25.2 Å². The van der Waals surface area contributed by atoms with Crippen LogP contribution in [0.3, 0.4) is 0 Å². The number of ether oxygens (including phenoxy) is 1. The van der Waals surface area contributed by atoms with Gasteiger partial charge in [0.25, 0.3) is 5.56 Å². The van der Waals surface area contributed by atoms with Crippen molar-refractivity contribution < 1.29 is 22.7 Å². The molecule has 1 aromatic heterocycles. The van der Waals surface area contributed by atoms with E-state index in [0.29, 0.717) is 29.6 Å². The Balaban J connectivity index is 1.73. The number of carbonyl (C=O) groups is 2. The Morgan fingerprint density at radius 1 is 1.09 bits per heavy atom. The van der Waals surface area contributed by atoms with Gasteiger partial charge in [0.05, 0.1) is 15.8 Å². The zero-order valence-electron chi connectivity index (χ0n) is 19.4. The molecule has 0 aliphatic rings. The molecule has 0 saturated heterocycles. The molecule has 0 radical (unpaired) electrons. The zero-order chi connectivity index (χ0) is 25.6. The molecule has 0 unspecified atom stereocenters. The molecule has 35 heavy (non-hydrogen) atoms. The van der Waals surface area contributed by atoms with Crippen molar-refractivity contribution in [3.63, 3.8) is 0 Å². The van der Waals surface area contributed by atoms with Gasteiger partial charge in [0, 0.05) is 19.2 Å². The lowest BCUT2D eigenvalue weighted by atomic mass is 10.2. The molecule has 0 spiro atoms. The molecule has 2 aromatic carbocycles. The third-order valence-electron chi connectivity index (χ3n) is 5.23. The van der Waals surface area contributed by atoms with Crippen LogP contribution in [0.25, 0.3) is 17.0 Å². The van der Waals surface area contributed by atoms with Crippen LogP contribution in [0.2, 0.25) is 0 Å². The lowest BCUT2D eigenvalue weighted by molar-refractivity contribution is -0.139. The molecule has 2 N–H and O–H groups in total. The van der Waals surface area contributed by atoms with Gasteiger partial charge in [-0.15, -0.1) is 0 Å². The van der Waals surface area contributed by atoms with E-state index in [1.807, 2.05) is 0 Å². The van der Waals surface area contributed by atoms with E-state index in [4.69, 9.17) is 10.5 Å². The summed E-state index contributed by atoms with van der Waals surface area (Å²) in [5.41, 5.74) is 5.79. The van der Waals surface area contributed by atoms with Gasteiger partial charge in [0.15, 0.2) is 5.82 Å². The number of hydrogen-bond acceptors (Lipinski definition) is 7. The topological polar surface area (TPSA) is 142 Å². The summed E-state index contributed by atoms with van der Waals surface area (Å²) in [6.45, 7) is 3.52. The number of carbonyl (C=O) groups excluding carboxylic acids is 2. The van der Waals surface area contributed by atoms with Gasteiger partial charge in [-0.2, -0.15) is 4.31 Å². The van der Waals surface area contributed by atoms with Gasteiger partial charge in [-0.3, -0.25) is 14.2 Å². The third kappa shape index (κ3) is 6.00. The number of sulfonamides is 1. The molecule has 184 valence electrons. The fourth-order valence-electron chi connectivity index (χ4n) is 3.45. The Labute approximate surface area is 202 Å². The van der Waals surface area contributed by atoms with Crippen LogP contribution in [0.4, 0.5) is 0 Å². The molecule has 11 heteroatoms. The maximum atomic E-state index is 12.7. The number of esters is 1. The number of para-hydroxylation sites is 1. The molecule has 1 amide bonds. The summed E-state index contributed by atoms with van der Waals surface area (Å²) < 4.78 is 32.8. The number of rotatable bonds is 10. The first-order valence-electron chi connectivity index (χ1n) is 10.9. The molecule has 0 aliphatic carbocycles. The van der Waals surface area contributed by atoms with Gasteiger partial charge in [-0.25, -0.2) is 18.2 Å². The maximum absolute atomic E-state index is 12.7. The fourth-order valence-corrected chi connectivity index (χ4v) is 4.91. The Bertz CT molecular complexity index is 1420. The number of benzene rings is 2. The largest absolute Gasteiger partial charge is 0.454 e. The van der Waals surface area contributed by atoms with Gasteiger partial charge in [-0.1, -0.05) is 38.1 Å². The number of fused-ring (bicyclic) bond motifs is 1. The Hall–Kier alpha value is -3.83. The summed E-state index contributed by atoms with van der Waals surface area (Å²) in [7, 11) is -3.57. The SMILES string of the molecule is CCN(CC)S(=O)(=O)c1ccc(/C=C/C(=O)OCc2nc3ccccc3c(=O)n2CC(N)=O)cc1. The van der Waals surface area contributed by atoms with Crippen molar-refractivity contribution in [3.8, 4) is 0 Å². The minimum Gasteiger partial charge on any atom is -0.454 e. The smallest absolute Gasteiger partial charge is 0.331 e. The van der Waals surface area contributed by atoms with Gasteiger partial charge in [0.1, 0.15) is 13.2 Å². The Morgan fingerprint density at radius 2 is 1.74 bits per heavy atom. The van der Waals surface area contributed by atoms with Crippen molar-refractivity contribution in [2.24, 2.45) is 5.73 Å². The number of nitrogens with two attached hydrogens (primary N) is 1. The lowest BCUT2D eigenvalue weighted by Gasteiger charge is -2.18. The van der Waals surface area contributed by atoms with Crippen LogP contribution in [0, 0.1) is 0 Å². The number of amides is 1. The van der Waals surface area contributed by atoms with E-state index in [1.54, 1.807) is 50.2 Å². The van der Waals surface area contributed by atoms with Crippen LogP contribution < -0.4 is 11.3 Å². The molecule has 3 rings (SSSR count). The van der Waals surface area contributed by atoms with Crippen molar-refractivity contribution in [3.05, 3.63) is 76.3 Å². The van der Waals surface area contributed by atoms with Crippen LogP contribution >= 0.6 is 0 Å². The van der Waals surface area contributed by atoms with Crippen LogP contribution in [-0.4, -0.2) is 47.2 Å². The molecule has 0 aliphatic heterocycles. The Morgan fingerprint density at radius 3 is 2.37 bits per heavy atom. The monoisotopic (exact) mass is 498 g/mol. The number of nitrogens with zero attached hydrogens (tertiary/aromatic N) is 3. The van der Waals surface area contributed by atoms with E-state index in [0.717, 1.165) is 4.57 Å². The first-order valence-corrected chi connectivity index (χ1v) is 12.3. The number of primary amides is 1. The number of aromatic nitrogens is 2. The average Bonchev–Trinajstić information content (AvgIpc) is 2.84. The predicted octanol–water partition coefficient (Wildman–Crippen LogP) is 1.67. The summed E-state index contributed by atoms with van der Waals surface area (Å²) in [5.74, 6) is -1.36. The second-order valence-electron chi connectivity index (χ2n) is 7.50. The fraction of sp³-hybridized carbons (Fsp3) is 0.250. The van der Waals surface area contributed by atoms with Crippen molar-refractivity contribution in [1.29, 1.82) is 0 Å². The van der Waals surface area contributed by atoms with E-state index < -0.39 is 34.0 Å². The summed E-state index contributed by atoms with van der Waals surface area (Å²) in [6, 6.07) is 12.7. The predicted molar refractivity (Wildman–Crippen MR) is 131 cm³/mol. The molecule has 3 aromatic rings. The molecular weight excluding hydrogens is 472 g/mol. The molecular formula is C24H26N4O6S. The van der Waals surface area contributed by atoms with Crippen LogP contribution in [0.5, 0.6) is 0 Å². The van der Waals surface area contributed by atoms with Crippen molar-refractivity contribution in [1.82, 2.24) is 13.9 Å². The zero-order valence-corrected chi connectivity index (χ0v) is 20.2. The summed E-state index contributed by atoms with van der Waals surface area (Å²) in [4.78, 5) is 40.9. The van der Waals surface area contributed by atoms with Gasteiger partial charge in [-0.05, 0) is 35.9 Å². The highest BCUT2D eigenvalue weighted by Gasteiger charge is 2.21. The van der Waals surface area contributed by atoms with E-state index in [-0.39, 0.29) is 17.3 Å². The van der Waals surface area contributed by atoms with E-state index in [9.17, 15) is 22.8 Å². The highest BCUT2D eigenvalue weighted by atomic mass is 32.2. The van der Waals surface area contributed by atoms with E-state index in [1.165, 1.54) is 28.6 Å². The second-order valence-corrected chi connectivity index (χ2v) is 9.44. The highest BCUT2D eigenvalue weighted by Crippen LogP contribution is 2.17. The molecule has 1 heterocycles. The van der Waals surface area contributed by atoms with Crippen LogP contribution in [0.15, 0.2) is 64.3 Å². The molecule has 0 atom stereocenters. The summed E-state index contributed by atoms with van der Waals surface area (Å²) in [6.07, 6.45) is 2.64. The van der Waals surface area contributed by atoms with Gasteiger partial charge < -0.3 is 10.5 Å². The second kappa shape index (κ2) is 11.1. The quantitative estimate of drug-likeness (QED) is 0.331. The average molecular weight is 499 g/mol. The summed E-state index contributed by atoms with van der Waals surface area (Å²) in [5, 5.41) is 0.315. The first kappa shape index (κ1) is 25.8. The van der Waals surface area contributed by atoms with E-state index >= 15 is 0 Å². The standard InChI is InChI=1S/C24H26N4O6S/c1-3-27(4-2)35(32,33)18-12-9-17(10-13-18)11-14-23(30)34-16-22-26-20-8-6-5-7-19(20)24(31)28(22)15-21(25)29/h5-14H,3-4,15-16H2,1-2H3,(H2,25,29)/b14-11+. The van der Waals surface area contributed by atoms with Crippen molar-refractivity contribution in [2.45, 2.75) is 31.9 Å². The minimum absolute atomic E-state index is 0.0835. The lowest BCUT2D eigenvalue weighted by Crippen LogP contribution is -2.32. The molecule has 0 fully saturated rings. The molecule has 0 saturated carbocycles. The Kier molecular flexibility index (Phi) is 8.15. The number of hydrogen-bond donors (Lipinski definition) is 1. The van der Waals surface area contributed by atoms with Crippen molar-refractivity contribution >= 4 is 38.9 Å². The minimum atomic E-state index is -3.57. The van der Waals surface area contributed by atoms with Crippen LogP contribution in [-0.2, 0) is 37.5 Å². The summed E-state index contributed by atoms with van der Waals surface area (Å²) >= 11 is 0. The van der Waals surface area contributed by atoms with Gasteiger partial charge >= 0.3 is 5.97 Å². The third-order valence-corrected chi connectivity index (χ3v) is 7.30. The first-order chi connectivity index (χ1) is 16.7.